The van der Waals surface area contributed by atoms with Crippen molar-refractivity contribution in [2.45, 2.75) is 37.8 Å². The first-order chi connectivity index (χ1) is 14.1. The van der Waals surface area contributed by atoms with E-state index in [0.29, 0.717) is 43.8 Å². The lowest BCUT2D eigenvalue weighted by Gasteiger charge is -2.31. The van der Waals surface area contributed by atoms with E-state index >= 15 is 0 Å². The Balaban J connectivity index is 1.30. The molecular formula is C22H24N4O3. The zero-order chi connectivity index (χ0) is 20.3. The Labute approximate surface area is 169 Å². The Hall–Kier alpha value is -3.14. The normalized spacial score (nSPS) is 19.7. The Morgan fingerprint density at radius 3 is 2.90 bits per heavy atom. The lowest BCUT2D eigenvalue weighted by Crippen LogP contribution is -2.45. The van der Waals surface area contributed by atoms with E-state index in [0.717, 1.165) is 24.6 Å². The molecule has 0 aliphatic carbocycles. The van der Waals surface area contributed by atoms with Crippen molar-refractivity contribution in [3.8, 4) is 12.3 Å². The van der Waals surface area contributed by atoms with E-state index in [4.69, 9.17) is 10.8 Å². The number of carbonyl (C=O) groups excluding carboxylic acids is 2. The molecule has 1 fully saturated rings. The molecule has 1 saturated heterocycles. The van der Waals surface area contributed by atoms with E-state index in [-0.39, 0.29) is 17.7 Å². The van der Waals surface area contributed by atoms with Crippen molar-refractivity contribution in [1.82, 2.24) is 10.2 Å². The van der Waals surface area contributed by atoms with Crippen LogP contribution in [0, 0.1) is 18.3 Å². The summed E-state index contributed by atoms with van der Waals surface area (Å²) in [6.07, 6.45) is 8.87. The van der Waals surface area contributed by atoms with Crippen molar-refractivity contribution in [3.05, 3.63) is 36.1 Å². The number of fused-ring (bicyclic) bond motifs is 1. The SMILES string of the molecule is C#CCCC1(CCNC(=O)C2CCCN(C(=O)c3cc4ccccc4o3)C2)N=N1. The minimum absolute atomic E-state index is 0.0279. The largest absolute Gasteiger partial charge is 0.451 e. The van der Waals surface area contributed by atoms with Crippen LogP contribution in [0.1, 0.15) is 42.7 Å². The molecule has 0 radical (unpaired) electrons. The molecule has 29 heavy (non-hydrogen) atoms. The summed E-state index contributed by atoms with van der Waals surface area (Å²) in [6.45, 7) is 1.54. The second kappa shape index (κ2) is 8.08. The van der Waals surface area contributed by atoms with Crippen LogP contribution >= 0.6 is 0 Å². The average molecular weight is 392 g/mol. The third-order valence-electron chi connectivity index (χ3n) is 5.59. The van der Waals surface area contributed by atoms with Gasteiger partial charge in [0.05, 0.1) is 5.92 Å². The maximum Gasteiger partial charge on any atom is 0.289 e. The summed E-state index contributed by atoms with van der Waals surface area (Å²) >= 11 is 0. The van der Waals surface area contributed by atoms with E-state index in [1.807, 2.05) is 24.3 Å². The highest BCUT2D eigenvalue weighted by molar-refractivity contribution is 5.96. The number of para-hydroxylation sites is 1. The fourth-order valence-electron chi connectivity index (χ4n) is 3.82. The van der Waals surface area contributed by atoms with Gasteiger partial charge in [0, 0.05) is 44.3 Å². The monoisotopic (exact) mass is 392 g/mol. The molecule has 2 aliphatic rings. The summed E-state index contributed by atoms with van der Waals surface area (Å²) in [5.74, 6) is 2.51. The Bertz CT molecular complexity index is 948. The highest BCUT2D eigenvalue weighted by atomic mass is 16.3. The molecule has 0 saturated carbocycles. The number of hydrogen-bond acceptors (Lipinski definition) is 5. The zero-order valence-electron chi connectivity index (χ0n) is 16.3. The first-order valence-electron chi connectivity index (χ1n) is 10.0. The highest BCUT2D eigenvalue weighted by Crippen LogP contribution is 2.36. The van der Waals surface area contributed by atoms with Crippen molar-refractivity contribution >= 4 is 22.8 Å². The van der Waals surface area contributed by atoms with Gasteiger partial charge in [-0.3, -0.25) is 9.59 Å². The molecule has 2 amide bonds. The van der Waals surface area contributed by atoms with E-state index in [1.54, 1.807) is 11.0 Å². The smallest absolute Gasteiger partial charge is 0.289 e. The van der Waals surface area contributed by atoms with E-state index in [9.17, 15) is 9.59 Å². The van der Waals surface area contributed by atoms with Gasteiger partial charge >= 0.3 is 0 Å². The molecule has 7 heteroatoms. The first-order valence-corrected chi connectivity index (χ1v) is 10.0. The molecule has 1 aromatic heterocycles. The number of likely N-dealkylation sites (tertiary alicyclic amines) is 1. The van der Waals surface area contributed by atoms with Gasteiger partial charge < -0.3 is 14.6 Å². The van der Waals surface area contributed by atoms with Crippen LogP contribution in [-0.4, -0.2) is 42.0 Å². The number of benzene rings is 1. The lowest BCUT2D eigenvalue weighted by atomic mass is 9.96. The van der Waals surface area contributed by atoms with Crippen molar-refractivity contribution in [1.29, 1.82) is 0 Å². The molecule has 150 valence electrons. The maximum atomic E-state index is 12.9. The van der Waals surface area contributed by atoms with Gasteiger partial charge in [0.25, 0.3) is 5.91 Å². The molecule has 1 unspecified atom stereocenters. The topological polar surface area (TPSA) is 87.3 Å². The molecule has 7 nitrogen and oxygen atoms in total. The minimum atomic E-state index is -0.393. The number of furan rings is 1. The molecule has 0 spiro atoms. The van der Waals surface area contributed by atoms with Crippen LogP contribution in [0.15, 0.2) is 45.0 Å². The van der Waals surface area contributed by atoms with Gasteiger partial charge in [-0.15, -0.1) is 12.3 Å². The molecular weight excluding hydrogens is 368 g/mol. The van der Waals surface area contributed by atoms with Crippen LogP contribution < -0.4 is 5.32 Å². The Morgan fingerprint density at radius 2 is 2.14 bits per heavy atom. The van der Waals surface area contributed by atoms with Gasteiger partial charge in [-0.05, 0) is 25.0 Å². The number of piperidine rings is 1. The molecule has 1 aromatic carbocycles. The van der Waals surface area contributed by atoms with Crippen molar-refractivity contribution in [2.75, 3.05) is 19.6 Å². The number of rotatable bonds is 7. The summed E-state index contributed by atoms with van der Waals surface area (Å²) in [4.78, 5) is 27.2. The van der Waals surface area contributed by atoms with Gasteiger partial charge in [-0.1, -0.05) is 18.2 Å². The molecule has 0 bridgehead atoms. The third-order valence-corrected chi connectivity index (χ3v) is 5.59. The van der Waals surface area contributed by atoms with Crippen LogP contribution in [-0.2, 0) is 4.79 Å². The molecule has 1 N–H and O–H groups in total. The Morgan fingerprint density at radius 1 is 1.31 bits per heavy atom. The number of hydrogen-bond donors (Lipinski definition) is 1. The zero-order valence-corrected chi connectivity index (χ0v) is 16.3. The number of nitrogens with one attached hydrogen (secondary N) is 1. The first kappa shape index (κ1) is 19.2. The highest BCUT2D eigenvalue weighted by Gasteiger charge is 2.39. The van der Waals surface area contributed by atoms with Crippen LogP contribution in [0.3, 0.4) is 0 Å². The summed E-state index contributed by atoms with van der Waals surface area (Å²) in [5, 5.41) is 12.0. The van der Waals surface area contributed by atoms with Crippen LogP contribution in [0.2, 0.25) is 0 Å². The fourth-order valence-corrected chi connectivity index (χ4v) is 3.82. The van der Waals surface area contributed by atoms with Crippen molar-refractivity contribution < 1.29 is 14.0 Å². The van der Waals surface area contributed by atoms with Crippen LogP contribution in [0.5, 0.6) is 0 Å². The predicted octanol–water partition coefficient (Wildman–Crippen LogP) is 3.37. The number of terminal acetylenes is 1. The quantitative estimate of drug-likeness (QED) is 0.733. The van der Waals surface area contributed by atoms with Gasteiger partial charge in [0.2, 0.25) is 5.91 Å². The standard InChI is InChI=1S/C22H24N4O3/c1-2-3-10-22(24-25-22)11-12-23-20(27)17-8-6-13-26(15-17)21(28)19-14-16-7-4-5-9-18(16)29-19/h1,4-5,7,9,14,17H,3,6,8,10-13,15H2,(H,23,27). The van der Waals surface area contributed by atoms with E-state index < -0.39 is 5.66 Å². The van der Waals surface area contributed by atoms with Crippen LogP contribution in [0.25, 0.3) is 11.0 Å². The van der Waals surface area contributed by atoms with E-state index in [1.165, 1.54) is 0 Å². The number of carbonyl (C=O) groups is 2. The summed E-state index contributed by atoms with van der Waals surface area (Å²) in [6, 6.07) is 9.30. The molecule has 3 heterocycles. The van der Waals surface area contributed by atoms with Gasteiger partial charge in [0.1, 0.15) is 5.58 Å². The summed E-state index contributed by atoms with van der Waals surface area (Å²) < 4.78 is 5.69. The van der Waals surface area contributed by atoms with Gasteiger partial charge in [-0.25, -0.2) is 0 Å². The average Bonchev–Trinajstić information content (AvgIpc) is 3.38. The number of amides is 2. The predicted molar refractivity (Wildman–Crippen MR) is 108 cm³/mol. The number of nitrogens with zero attached hydrogens (tertiary/aromatic N) is 3. The molecule has 2 aromatic rings. The summed E-state index contributed by atoms with van der Waals surface area (Å²) in [7, 11) is 0. The third kappa shape index (κ3) is 4.32. The minimum Gasteiger partial charge on any atom is -0.451 e. The lowest BCUT2D eigenvalue weighted by molar-refractivity contribution is -0.126. The summed E-state index contributed by atoms with van der Waals surface area (Å²) in [5.41, 5.74) is 0.298. The second-order valence-electron chi connectivity index (χ2n) is 7.67. The molecule has 1 atom stereocenters. The Kier molecular flexibility index (Phi) is 5.34. The fraction of sp³-hybridized carbons (Fsp3) is 0.455. The van der Waals surface area contributed by atoms with Gasteiger partial charge in [-0.2, -0.15) is 10.2 Å². The van der Waals surface area contributed by atoms with E-state index in [2.05, 4.69) is 21.5 Å². The van der Waals surface area contributed by atoms with Crippen molar-refractivity contribution in [3.63, 3.8) is 0 Å². The van der Waals surface area contributed by atoms with Crippen molar-refractivity contribution in [2.24, 2.45) is 16.1 Å². The molecule has 4 rings (SSSR count). The van der Waals surface area contributed by atoms with Gasteiger partial charge in [0.15, 0.2) is 11.4 Å². The maximum absolute atomic E-state index is 12.9. The second-order valence-corrected chi connectivity index (χ2v) is 7.67. The molecule has 2 aliphatic heterocycles. The van der Waals surface area contributed by atoms with Crippen LogP contribution in [0.4, 0.5) is 0 Å².